The van der Waals surface area contributed by atoms with Crippen LogP contribution in [0.25, 0.3) is 11.5 Å². The Labute approximate surface area is 133 Å². The van der Waals surface area contributed by atoms with E-state index in [1.54, 1.807) is 0 Å². The number of carbonyl (C=O) groups excluding carboxylic acids is 1. The summed E-state index contributed by atoms with van der Waals surface area (Å²) in [6.45, 7) is 2.24. The molecule has 1 saturated carbocycles. The molecule has 1 aliphatic carbocycles. The Morgan fingerprint density at radius 1 is 1.26 bits per heavy atom. The van der Waals surface area contributed by atoms with Gasteiger partial charge in [-0.2, -0.15) is 0 Å². The lowest BCUT2D eigenvalue weighted by atomic mass is 9.73. The molecule has 2 unspecified atom stereocenters. The molecule has 1 aliphatic rings. The highest BCUT2D eigenvalue weighted by Crippen LogP contribution is 2.34. The summed E-state index contributed by atoms with van der Waals surface area (Å²) in [5.74, 6) is -1.63. The summed E-state index contributed by atoms with van der Waals surface area (Å²) >= 11 is 0. The van der Waals surface area contributed by atoms with E-state index in [0.29, 0.717) is 24.4 Å². The number of oxazole rings is 1. The predicted molar refractivity (Wildman–Crippen MR) is 82.4 cm³/mol. The van der Waals surface area contributed by atoms with Crippen molar-refractivity contribution in [1.29, 1.82) is 0 Å². The number of aryl methyl sites for hydroxylation is 1. The normalized spacial score (nSPS) is 19.9. The van der Waals surface area contributed by atoms with Crippen molar-refractivity contribution in [2.75, 3.05) is 0 Å². The number of aliphatic carboxylic acids is 1. The number of aromatic nitrogens is 1. The lowest BCUT2D eigenvalue weighted by Crippen LogP contribution is -2.43. The van der Waals surface area contributed by atoms with Crippen LogP contribution in [0.3, 0.4) is 0 Å². The van der Waals surface area contributed by atoms with E-state index in [1.807, 2.05) is 31.2 Å². The van der Waals surface area contributed by atoms with Crippen molar-refractivity contribution in [3.05, 3.63) is 41.8 Å². The van der Waals surface area contributed by atoms with Crippen molar-refractivity contribution in [2.24, 2.45) is 11.8 Å². The molecule has 1 fully saturated rings. The summed E-state index contributed by atoms with van der Waals surface area (Å²) in [5.41, 5.74) is 2.64. The van der Waals surface area contributed by atoms with E-state index in [2.05, 4.69) is 10.3 Å². The molecule has 1 aromatic heterocycles. The fourth-order valence-corrected chi connectivity index (χ4v) is 2.64. The van der Waals surface area contributed by atoms with E-state index < -0.39 is 17.8 Å². The summed E-state index contributed by atoms with van der Waals surface area (Å²) in [4.78, 5) is 27.3. The van der Waals surface area contributed by atoms with Crippen molar-refractivity contribution >= 4 is 11.9 Å². The molecule has 2 N–H and O–H groups in total. The molecule has 120 valence electrons. The summed E-state index contributed by atoms with van der Waals surface area (Å²) < 4.78 is 5.43. The average Bonchev–Trinajstić information content (AvgIpc) is 2.93. The highest BCUT2D eigenvalue weighted by atomic mass is 16.4. The zero-order valence-corrected chi connectivity index (χ0v) is 12.8. The smallest absolute Gasteiger partial charge is 0.307 e. The van der Waals surface area contributed by atoms with Crippen LogP contribution in [-0.2, 0) is 16.1 Å². The first-order valence-electron chi connectivity index (χ1n) is 7.56. The van der Waals surface area contributed by atoms with Gasteiger partial charge in [-0.05, 0) is 31.9 Å². The third kappa shape index (κ3) is 3.26. The number of nitrogens with zero attached hydrogens (tertiary/aromatic N) is 1. The zero-order chi connectivity index (χ0) is 16.4. The molecule has 3 rings (SSSR count). The van der Waals surface area contributed by atoms with Crippen LogP contribution in [0, 0.1) is 18.8 Å². The van der Waals surface area contributed by atoms with Gasteiger partial charge in [0.25, 0.3) is 0 Å². The molecular weight excluding hydrogens is 296 g/mol. The van der Waals surface area contributed by atoms with Crippen LogP contribution in [0.2, 0.25) is 0 Å². The predicted octanol–water partition coefficient (Wildman–Crippen LogP) is 2.38. The Bertz CT molecular complexity index is 720. The number of benzene rings is 1. The van der Waals surface area contributed by atoms with Gasteiger partial charge in [-0.15, -0.1) is 0 Å². The van der Waals surface area contributed by atoms with Gasteiger partial charge in [-0.3, -0.25) is 9.59 Å². The second kappa shape index (κ2) is 6.24. The number of carboxylic acids is 1. The minimum Gasteiger partial charge on any atom is -0.481 e. The monoisotopic (exact) mass is 314 g/mol. The zero-order valence-electron chi connectivity index (χ0n) is 12.8. The maximum atomic E-state index is 12.0. The van der Waals surface area contributed by atoms with Gasteiger partial charge in [0.05, 0.1) is 24.1 Å². The summed E-state index contributed by atoms with van der Waals surface area (Å²) in [7, 11) is 0. The summed E-state index contributed by atoms with van der Waals surface area (Å²) in [6.07, 6.45) is 2.69. The summed E-state index contributed by atoms with van der Waals surface area (Å²) in [5, 5.41) is 11.7. The highest BCUT2D eigenvalue weighted by molar-refractivity contribution is 5.86. The van der Waals surface area contributed by atoms with Crippen LogP contribution in [0.4, 0.5) is 0 Å². The number of hydrogen-bond donors (Lipinski definition) is 2. The summed E-state index contributed by atoms with van der Waals surface area (Å²) in [6, 6.07) is 7.80. The van der Waals surface area contributed by atoms with E-state index in [4.69, 9.17) is 9.52 Å². The number of carboxylic acid groups (broad SMARTS) is 1. The second-order valence-corrected chi connectivity index (χ2v) is 5.86. The van der Waals surface area contributed by atoms with Gasteiger partial charge in [0.15, 0.2) is 0 Å². The molecule has 23 heavy (non-hydrogen) atoms. The van der Waals surface area contributed by atoms with Crippen LogP contribution < -0.4 is 5.32 Å². The number of rotatable bonds is 5. The first-order valence-corrected chi connectivity index (χ1v) is 7.56. The van der Waals surface area contributed by atoms with Gasteiger partial charge < -0.3 is 14.8 Å². The van der Waals surface area contributed by atoms with Crippen LogP contribution in [0.1, 0.15) is 24.1 Å². The van der Waals surface area contributed by atoms with Crippen molar-refractivity contribution < 1.29 is 19.1 Å². The van der Waals surface area contributed by atoms with Crippen molar-refractivity contribution in [3.63, 3.8) is 0 Å². The topological polar surface area (TPSA) is 92.4 Å². The lowest BCUT2D eigenvalue weighted by Gasteiger charge is -2.31. The Kier molecular flexibility index (Phi) is 4.14. The first-order chi connectivity index (χ1) is 11.0. The molecule has 6 nitrogen and oxygen atoms in total. The molecule has 0 saturated heterocycles. The Morgan fingerprint density at radius 3 is 2.57 bits per heavy atom. The van der Waals surface area contributed by atoms with Crippen LogP contribution in [0.5, 0.6) is 0 Å². The maximum Gasteiger partial charge on any atom is 0.307 e. The molecule has 2 aromatic rings. The number of amides is 1. The standard InChI is InChI=1S/C17H18N2O4/c1-10-2-4-11(5-3-10)16-19-12(9-23-16)8-18-15(20)13-6-7-14(13)17(21)22/h2-5,9,13-14H,6-8H2,1H3,(H,18,20)(H,21,22). The van der Waals surface area contributed by atoms with E-state index in [9.17, 15) is 9.59 Å². The molecule has 0 bridgehead atoms. The largest absolute Gasteiger partial charge is 0.481 e. The lowest BCUT2D eigenvalue weighted by molar-refractivity contribution is -0.152. The third-order valence-corrected chi connectivity index (χ3v) is 4.22. The Hall–Kier alpha value is -2.63. The number of nitrogens with one attached hydrogen (secondary N) is 1. The van der Waals surface area contributed by atoms with E-state index in [0.717, 1.165) is 11.1 Å². The van der Waals surface area contributed by atoms with Crippen molar-refractivity contribution in [1.82, 2.24) is 10.3 Å². The van der Waals surface area contributed by atoms with Crippen LogP contribution >= 0.6 is 0 Å². The van der Waals surface area contributed by atoms with Gasteiger partial charge in [-0.25, -0.2) is 4.98 Å². The minimum atomic E-state index is -0.903. The van der Waals surface area contributed by atoms with E-state index >= 15 is 0 Å². The molecule has 1 heterocycles. The van der Waals surface area contributed by atoms with Crippen molar-refractivity contribution in [2.45, 2.75) is 26.3 Å². The molecule has 1 aromatic carbocycles. The molecule has 0 spiro atoms. The average molecular weight is 314 g/mol. The SMILES string of the molecule is Cc1ccc(-c2nc(CNC(=O)C3CCC3C(=O)O)co2)cc1. The number of carbonyl (C=O) groups is 2. The highest BCUT2D eigenvalue weighted by Gasteiger charge is 2.41. The van der Waals surface area contributed by atoms with Crippen LogP contribution in [-0.4, -0.2) is 22.0 Å². The minimum absolute atomic E-state index is 0.233. The molecule has 1 amide bonds. The van der Waals surface area contributed by atoms with Gasteiger partial charge in [0.2, 0.25) is 11.8 Å². The second-order valence-electron chi connectivity index (χ2n) is 5.86. The van der Waals surface area contributed by atoms with Gasteiger partial charge in [0, 0.05) is 5.56 Å². The molecule has 2 atom stereocenters. The Balaban J connectivity index is 1.58. The van der Waals surface area contributed by atoms with Crippen LogP contribution in [0.15, 0.2) is 34.9 Å². The first kappa shape index (κ1) is 15.3. The number of hydrogen-bond acceptors (Lipinski definition) is 4. The van der Waals surface area contributed by atoms with Gasteiger partial charge in [-0.1, -0.05) is 17.7 Å². The maximum absolute atomic E-state index is 12.0. The molecule has 6 heteroatoms. The molecule has 0 radical (unpaired) electrons. The van der Waals surface area contributed by atoms with E-state index in [-0.39, 0.29) is 12.5 Å². The fraction of sp³-hybridized carbons (Fsp3) is 0.353. The third-order valence-electron chi connectivity index (χ3n) is 4.22. The Morgan fingerprint density at radius 2 is 1.96 bits per heavy atom. The molecular formula is C17H18N2O4. The fourth-order valence-electron chi connectivity index (χ4n) is 2.64. The molecule has 0 aliphatic heterocycles. The van der Waals surface area contributed by atoms with E-state index in [1.165, 1.54) is 6.26 Å². The van der Waals surface area contributed by atoms with Gasteiger partial charge >= 0.3 is 5.97 Å². The quantitative estimate of drug-likeness (QED) is 0.884. The van der Waals surface area contributed by atoms with Crippen molar-refractivity contribution in [3.8, 4) is 11.5 Å². The van der Waals surface area contributed by atoms with Gasteiger partial charge in [0.1, 0.15) is 6.26 Å².